The molecule has 1 saturated carbocycles. The van der Waals surface area contributed by atoms with Crippen LogP contribution in [0.3, 0.4) is 0 Å². The molecular formula is C16H23BrN2O3S. The highest BCUT2D eigenvalue weighted by Crippen LogP contribution is 2.24. The van der Waals surface area contributed by atoms with Crippen LogP contribution in [0.5, 0.6) is 0 Å². The van der Waals surface area contributed by atoms with E-state index in [9.17, 15) is 13.2 Å². The van der Waals surface area contributed by atoms with Gasteiger partial charge in [-0.3, -0.25) is 4.79 Å². The Labute approximate surface area is 146 Å². The topological polar surface area (TPSA) is 66.5 Å². The molecule has 0 unspecified atom stereocenters. The Hall–Kier alpha value is -0.920. The fraction of sp³-hybridized carbons (Fsp3) is 0.562. The molecule has 0 aromatic heterocycles. The summed E-state index contributed by atoms with van der Waals surface area (Å²) in [4.78, 5) is 12.6. The van der Waals surface area contributed by atoms with Crippen LogP contribution in [0, 0.1) is 0 Å². The predicted octanol–water partition coefficient (Wildman–Crippen LogP) is 3.15. The minimum Gasteiger partial charge on any atom is -0.349 e. The van der Waals surface area contributed by atoms with E-state index in [2.05, 4.69) is 21.2 Å². The molecule has 0 heterocycles. The number of nitrogens with zero attached hydrogens (tertiary/aromatic N) is 1. The second-order valence-electron chi connectivity index (χ2n) is 5.69. The van der Waals surface area contributed by atoms with Crippen molar-refractivity contribution in [2.24, 2.45) is 0 Å². The van der Waals surface area contributed by atoms with Gasteiger partial charge in [-0.05, 0) is 47.0 Å². The van der Waals surface area contributed by atoms with Crippen LogP contribution in [0.2, 0.25) is 0 Å². The first-order chi connectivity index (χ1) is 10.9. The van der Waals surface area contributed by atoms with Gasteiger partial charge in [0.2, 0.25) is 10.0 Å². The van der Waals surface area contributed by atoms with E-state index in [-0.39, 0.29) is 16.8 Å². The average molecular weight is 403 g/mol. The van der Waals surface area contributed by atoms with Crippen molar-refractivity contribution in [3.05, 3.63) is 28.2 Å². The molecule has 128 valence electrons. The Morgan fingerprint density at radius 2 is 1.87 bits per heavy atom. The molecule has 1 aliphatic rings. The summed E-state index contributed by atoms with van der Waals surface area (Å²) >= 11 is 3.35. The van der Waals surface area contributed by atoms with E-state index in [1.54, 1.807) is 19.9 Å². The molecule has 1 aromatic rings. The van der Waals surface area contributed by atoms with Gasteiger partial charge < -0.3 is 5.32 Å². The predicted molar refractivity (Wildman–Crippen MR) is 94.0 cm³/mol. The zero-order chi connectivity index (χ0) is 17.0. The lowest BCUT2D eigenvalue weighted by atomic mass is 10.2. The maximum Gasteiger partial charge on any atom is 0.252 e. The monoisotopic (exact) mass is 402 g/mol. The van der Waals surface area contributed by atoms with Crippen LogP contribution in [0.1, 0.15) is 49.9 Å². The van der Waals surface area contributed by atoms with E-state index in [0.29, 0.717) is 23.1 Å². The van der Waals surface area contributed by atoms with Gasteiger partial charge in [0, 0.05) is 23.6 Å². The van der Waals surface area contributed by atoms with E-state index in [1.807, 2.05) is 0 Å². The van der Waals surface area contributed by atoms with Crippen LogP contribution in [-0.2, 0) is 10.0 Å². The van der Waals surface area contributed by atoms with Gasteiger partial charge >= 0.3 is 0 Å². The molecule has 0 aliphatic heterocycles. The largest absolute Gasteiger partial charge is 0.349 e. The molecule has 0 bridgehead atoms. The summed E-state index contributed by atoms with van der Waals surface area (Å²) in [5, 5.41) is 2.99. The van der Waals surface area contributed by atoms with Crippen LogP contribution in [-0.4, -0.2) is 37.8 Å². The number of nitrogens with one attached hydrogen (secondary N) is 1. The highest BCUT2D eigenvalue weighted by Gasteiger charge is 2.25. The third-order valence-electron chi connectivity index (χ3n) is 4.22. The lowest BCUT2D eigenvalue weighted by Gasteiger charge is -2.19. The first-order valence-electron chi connectivity index (χ1n) is 8.00. The van der Waals surface area contributed by atoms with Crippen molar-refractivity contribution in [3.8, 4) is 0 Å². The van der Waals surface area contributed by atoms with Gasteiger partial charge in [0.05, 0.1) is 10.5 Å². The molecule has 2 rings (SSSR count). The molecule has 0 saturated heterocycles. The zero-order valence-corrected chi connectivity index (χ0v) is 15.9. The van der Waals surface area contributed by atoms with Gasteiger partial charge in [-0.15, -0.1) is 0 Å². The van der Waals surface area contributed by atoms with Gasteiger partial charge in [0.25, 0.3) is 5.91 Å². The molecule has 0 atom stereocenters. The molecule has 1 N–H and O–H groups in total. The molecule has 7 heteroatoms. The fourth-order valence-corrected chi connectivity index (χ4v) is 4.80. The molecule has 0 spiro atoms. The number of carbonyl (C=O) groups is 1. The number of amides is 1. The van der Waals surface area contributed by atoms with Gasteiger partial charge in [0.15, 0.2) is 0 Å². The second-order valence-corrected chi connectivity index (χ2v) is 8.48. The van der Waals surface area contributed by atoms with Gasteiger partial charge in [-0.1, -0.05) is 26.7 Å². The summed E-state index contributed by atoms with van der Waals surface area (Å²) < 4.78 is 27.2. The molecule has 1 aliphatic carbocycles. The molecule has 1 aromatic carbocycles. The van der Waals surface area contributed by atoms with Crippen LogP contribution >= 0.6 is 15.9 Å². The van der Waals surface area contributed by atoms with Crippen LogP contribution in [0.15, 0.2) is 27.6 Å². The smallest absolute Gasteiger partial charge is 0.252 e. The van der Waals surface area contributed by atoms with E-state index >= 15 is 0 Å². The Kier molecular flexibility index (Phi) is 6.22. The van der Waals surface area contributed by atoms with Crippen molar-refractivity contribution in [2.45, 2.75) is 50.5 Å². The molecule has 5 nitrogen and oxygen atoms in total. The quantitative estimate of drug-likeness (QED) is 0.794. The number of hydrogen-bond donors (Lipinski definition) is 1. The number of halogens is 1. The number of carbonyl (C=O) groups excluding carboxylic acids is 1. The van der Waals surface area contributed by atoms with Gasteiger partial charge in [-0.2, -0.15) is 4.31 Å². The molecule has 1 fully saturated rings. The SMILES string of the molecule is CCN(CC)S(=O)(=O)c1ccc(Br)c(C(=O)NC2CCCC2)c1. The summed E-state index contributed by atoms with van der Waals surface area (Å²) in [7, 11) is -3.57. The van der Waals surface area contributed by atoms with Crippen molar-refractivity contribution in [1.82, 2.24) is 9.62 Å². The molecular weight excluding hydrogens is 380 g/mol. The number of rotatable bonds is 6. The van der Waals surface area contributed by atoms with Gasteiger partial charge in [0.1, 0.15) is 0 Å². The maximum atomic E-state index is 12.6. The highest BCUT2D eigenvalue weighted by molar-refractivity contribution is 9.10. The van der Waals surface area contributed by atoms with E-state index in [1.165, 1.54) is 16.4 Å². The van der Waals surface area contributed by atoms with E-state index in [4.69, 9.17) is 0 Å². The summed E-state index contributed by atoms with van der Waals surface area (Å²) in [6, 6.07) is 4.81. The normalized spacial score (nSPS) is 16.0. The van der Waals surface area contributed by atoms with Gasteiger partial charge in [-0.25, -0.2) is 8.42 Å². The summed E-state index contributed by atoms with van der Waals surface area (Å²) in [6.45, 7) is 4.40. The lowest BCUT2D eigenvalue weighted by molar-refractivity contribution is 0.0937. The van der Waals surface area contributed by atoms with Crippen LogP contribution in [0.25, 0.3) is 0 Å². The van der Waals surface area contributed by atoms with Crippen molar-refractivity contribution in [2.75, 3.05) is 13.1 Å². The first-order valence-corrected chi connectivity index (χ1v) is 10.2. The second kappa shape index (κ2) is 7.77. The third-order valence-corrected chi connectivity index (χ3v) is 6.95. The van der Waals surface area contributed by atoms with E-state index < -0.39 is 10.0 Å². The van der Waals surface area contributed by atoms with Crippen molar-refractivity contribution in [1.29, 1.82) is 0 Å². The Morgan fingerprint density at radius 1 is 1.26 bits per heavy atom. The number of hydrogen-bond acceptors (Lipinski definition) is 3. The molecule has 23 heavy (non-hydrogen) atoms. The minimum absolute atomic E-state index is 0.154. The minimum atomic E-state index is -3.57. The van der Waals surface area contributed by atoms with Crippen molar-refractivity contribution < 1.29 is 13.2 Å². The number of sulfonamides is 1. The van der Waals surface area contributed by atoms with Crippen LogP contribution in [0.4, 0.5) is 0 Å². The fourth-order valence-electron chi connectivity index (χ4n) is 2.88. The standard InChI is InChI=1S/C16H23BrN2O3S/c1-3-19(4-2)23(21,22)13-9-10-15(17)14(11-13)16(20)18-12-7-5-6-8-12/h9-12H,3-8H2,1-2H3,(H,18,20). The number of benzene rings is 1. The van der Waals surface area contributed by atoms with Crippen molar-refractivity contribution in [3.63, 3.8) is 0 Å². The Morgan fingerprint density at radius 3 is 2.43 bits per heavy atom. The van der Waals surface area contributed by atoms with Crippen molar-refractivity contribution >= 4 is 31.9 Å². The summed E-state index contributed by atoms with van der Waals surface area (Å²) in [5.74, 6) is -0.222. The molecule has 1 amide bonds. The van der Waals surface area contributed by atoms with E-state index in [0.717, 1.165) is 25.7 Å². The molecule has 0 radical (unpaired) electrons. The average Bonchev–Trinajstić information content (AvgIpc) is 3.01. The third kappa shape index (κ3) is 4.14. The van der Waals surface area contributed by atoms with Crippen LogP contribution < -0.4 is 5.32 Å². The lowest BCUT2D eigenvalue weighted by Crippen LogP contribution is -2.33. The Balaban J connectivity index is 2.29. The Bertz CT molecular complexity index is 666. The highest BCUT2D eigenvalue weighted by atomic mass is 79.9. The summed E-state index contributed by atoms with van der Waals surface area (Å²) in [5.41, 5.74) is 0.366. The first kappa shape index (κ1) is 18.4. The maximum absolute atomic E-state index is 12.6. The summed E-state index contributed by atoms with van der Waals surface area (Å²) in [6.07, 6.45) is 4.23. The zero-order valence-electron chi connectivity index (χ0n) is 13.5.